The summed E-state index contributed by atoms with van der Waals surface area (Å²) >= 11 is 0. The van der Waals surface area contributed by atoms with Gasteiger partial charge in [0.05, 0.1) is 6.61 Å². The summed E-state index contributed by atoms with van der Waals surface area (Å²) in [6, 6.07) is 13.2. The SMILES string of the molecule is CCCc1ccc(OCc2ccc3c(c2F)C(F)C(F)c2c-3ccc(OCC)c2F)cc1. The molecular weight excluding hydrogens is 420 g/mol. The molecule has 3 aromatic rings. The number of fused-ring (bicyclic) bond motifs is 3. The van der Waals surface area contributed by atoms with Crippen LogP contribution in [0.5, 0.6) is 11.5 Å². The van der Waals surface area contributed by atoms with Crippen molar-refractivity contribution in [2.45, 2.75) is 45.6 Å². The average Bonchev–Trinajstić information content (AvgIpc) is 2.79. The molecule has 0 spiro atoms. The van der Waals surface area contributed by atoms with E-state index in [1.807, 2.05) is 12.1 Å². The van der Waals surface area contributed by atoms with E-state index in [9.17, 15) is 8.78 Å². The van der Waals surface area contributed by atoms with Gasteiger partial charge in [0, 0.05) is 16.7 Å². The Morgan fingerprint density at radius 1 is 0.750 bits per heavy atom. The van der Waals surface area contributed by atoms with Gasteiger partial charge >= 0.3 is 0 Å². The topological polar surface area (TPSA) is 18.5 Å². The van der Waals surface area contributed by atoms with Gasteiger partial charge in [-0.05, 0) is 48.2 Å². The van der Waals surface area contributed by atoms with Crippen LogP contribution >= 0.6 is 0 Å². The van der Waals surface area contributed by atoms with Gasteiger partial charge in [0.2, 0.25) is 0 Å². The van der Waals surface area contributed by atoms with Gasteiger partial charge in [0.25, 0.3) is 0 Å². The van der Waals surface area contributed by atoms with Crippen LogP contribution in [-0.4, -0.2) is 6.61 Å². The average molecular weight is 444 g/mol. The number of benzene rings is 3. The number of aryl methyl sites for hydroxylation is 1. The van der Waals surface area contributed by atoms with E-state index in [-0.39, 0.29) is 35.7 Å². The number of hydrogen-bond donors (Lipinski definition) is 0. The predicted octanol–water partition coefficient (Wildman–Crippen LogP) is 7.60. The summed E-state index contributed by atoms with van der Waals surface area (Å²) in [7, 11) is 0. The van der Waals surface area contributed by atoms with Crippen LogP contribution in [0.25, 0.3) is 11.1 Å². The van der Waals surface area contributed by atoms with Gasteiger partial charge in [-0.3, -0.25) is 0 Å². The molecule has 32 heavy (non-hydrogen) atoms. The zero-order chi connectivity index (χ0) is 22.8. The summed E-state index contributed by atoms with van der Waals surface area (Å²) in [6.45, 7) is 3.80. The van der Waals surface area contributed by atoms with E-state index in [2.05, 4.69) is 6.92 Å². The van der Waals surface area contributed by atoms with E-state index in [1.165, 1.54) is 29.8 Å². The highest BCUT2D eigenvalue weighted by atomic mass is 19.2. The Bertz CT molecular complexity index is 1110. The molecule has 4 rings (SSSR count). The first-order chi connectivity index (χ1) is 15.5. The second-order valence-corrected chi connectivity index (χ2v) is 7.76. The fraction of sp³-hybridized carbons (Fsp3) is 0.308. The molecule has 0 amide bonds. The first-order valence-corrected chi connectivity index (χ1v) is 10.7. The fourth-order valence-corrected chi connectivity index (χ4v) is 4.09. The summed E-state index contributed by atoms with van der Waals surface area (Å²) in [4.78, 5) is 0. The maximum absolute atomic E-state index is 15.2. The van der Waals surface area contributed by atoms with Gasteiger partial charge in [-0.15, -0.1) is 0 Å². The third kappa shape index (κ3) is 3.94. The van der Waals surface area contributed by atoms with Gasteiger partial charge in [-0.25, -0.2) is 17.6 Å². The quantitative estimate of drug-likeness (QED) is 0.350. The maximum Gasteiger partial charge on any atom is 0.171 e. The van der Waals surface area contributed by atoms with Gasteiger partial charge in [-0.2, -0.15) is 0 Å². The van der Waals surface area contributed by atoms with Crippen LogP contribution in [0.2, 0.25) is 0 Å². The van der Waals surface area contributed by atoms with E-state index in [4.69, 9.17) is 9.47 Å². The summed E-state index contributed by atoms with van der Waals surface area (Å²) < 4.78 is 70.8. The molecular formula is C26H24F4O2. The van der Waals surface area contributed by atoms with E-state index in [1.54, 1.807) is 19.1 Å². The minimum Gasteiger partial charge on any atom is -0.491 e. The monoisotopic (exact) mass is 444 g/mol. The van der Waals surface area contributed by atoms with Crippen molar-refractivity contribution in [1.29, 1.82) is 0 Å². The molecule has 6 heteroatoms. The lowest BCUT2D eigenvalue weighted by molar-refractivity contribution is 0.158. The molecule has 2 unspecified atom stereocenters. The Balaban J connectivity index is 1.65. The number of ether oxygens (including phenoxy) is 2. The molecule has 0 radical (unpaired) electrons. The smallest absolute Gasteiger partial charge is 0.171 e. The molecule has 2 atom stereocenters. The van der Waals surface area contributed by atoms with Crippen LogP contribution in [0.15, 0.2) is 48.5 Å². The van der Waals surface area contributed by atoms with E-state index in [0.717, 1.165) is 12.8 Å². The summed E-state index contributed by atoms with van der Waals surface area (Å²) in [5.41, 5.74) is 0.687. The number of halogens is 4. The minimum absolute atomic E-state index is 0.103. The summed E-state index contributed by atoms with van der Waals surface area (Å²) in [6.07, 6.45) is -2.69. The first kappa shape index (κ1) is 22.2. The third-order valence-electron chi connectivity index (χ3n) is 5.66. The summed E-state index contributed by atoms with van der Waals surface area (Å²) in [5.74, 6) is -1.43. The zero-order valence-electron chi connectivity index (χ0n) is 17.9. The summed E-state index contributed by atoms with van der Waals surface area (Å²) in [5, 5.41) is 0. The highest BCUT2D eigenvalue weighted by Gasteiger charge is 2.39. The molecule has 0 saturated heterocycles. The Hall–Kier alpha value is -3.02. The lowest BCUT2D eigenvalue weighted by Crippen LogP contribution is -2.17. The van der Waals surface area contributed by atoms with Crippen molar-refractivity contribution in [3.05, 3.63) is 82.4 Å². The maximum atomic E-state index is 15.2. The number of alkyl halides is 2. The van der Waals surface area contributed by atoms with E-state index >= 15 is 8.78 Å². The normalized spacial score (nSPS) is 16.9. The van der Waals surface area contributed by atoms with Crippen molar-refractivity contribution >= 4 is 0 Å². The molecule has 1 aliphatic carbocycles. The molecule has 0 aliphatic heterocycles. The lowest BCUT2D eigenvalue weighted by Gasteiger charge is -2.28. The van der Waals surface area contributed by atoms with Crippen LogP contribution in [0.1, 0.15) is 54.9 Å². The van der Waals surface area contributed by atoms with Crippen LogP contribution in [-0.2, 0) is 13.0 Å². The van der Waals surface area contributed by atoms with Crippen LogP contribution < -0.4 is 9.47 Å². The van der Waals surface area contributed by atoms with E-state index in [0.29, 0.717) is 5.75 Å². The van der Waals surface area contributed by atoms with Gasteiger partial charge < -0.3 is 9.47 Å². The molecule has 2 nitrogen and oxygen atoms in total. The van der Waals surface area contributed by atoms with Crippen molar-refractivity contribution in [2.75, 3.05) is 6.61 Å². The molecule has 0 bridgehead atoms. The molecule has 3 aromatic carbocycles. The fourth-order valence-electron chi connectivity index (χ4n) is 4.09. The lowest BCUT2D eigenvalue weighted by atomic mass is 9.81. The highest BCUT2D eigenvalue weighted by Crippen LogP contribution is 2.51. The molecule has 0 aromatic heterocycles. The van der Waals surface area contributed by atoms with Crippen molar-refractivity contribution in [3.8, 4) is 22.6 Å². The Kier molecular flexibility index (Phi) is 6.40. The van der Waals surface area contributed by atoms with Gasteiger partial charge in [0.1, 0.15) is 18.2 Å². The van der Waals surface area contributed by atoms with Crippen LogP contribution in [0.3, 0.4) is 0 Å². The van der Waals surface area contributed by atoms with E-state index < -0.39 is 35.1 Å². The Labute approximate surface area is 184 Å². The zero-order valence-corrected chi connectivity index (χ0v) is 17.9. The van der Waals surface area contributed by atoms with Gasteiger partial charge in [0.15, 0.2) is 23.9 Å². The molecule has 0 saturated carbocycles. The molecule has 168 valence electrons. The molecule has 0 N–H and O–H groups in total. The number of hydrogen-bond acceptors (Lipinski definition) is 2. The van der Waals surface area contributed by atoms with Crippen molar-refractivity contribution < 1.29 is 27.0 Å². The Morgan fingerprint density at radius 3 is 2.00 bits per heavy atom. The highest BCUT2D eigenvalue weighted by molar-refractivity contribution is 5.76. The molecule has 0 heterocycles. The van der Waals surface area contributed by atoms with Gasteiger partial charge in [-0.1, -0.05) is 43.7 Å². The van der Waals surface area contributed by atoms with Crippen molar-refractivity contribution in [3.63, 3.8) is 0 Å². The molecule has 1 aliphatic rings. The predicted molar refractivity (Wildman–Crippen MR) is 115 cm³/mol. The number of rotatable bonds is 7. The third-order valence-corrected chi connectivity index (χ3v) is 5.66. The standard InChI is InChI=1S/C26H24F4O2/c1-3-5-15-6-9-17(10-7-15)32-14-16-8-11-18-19-12-13-20(31-4-2)24(28)22(19)26(30)25(29)21(18)23(16)27/h6-13,25-26H,3-5,14H2,1-2H3. The molecule has 0 fully saturated rings. The van der Waals surface area contributed by atoms with Crippen molar-refractivity contribution in [1.82, 2.24) is 0 Å². The second kappa shape index (κ2) is 9.23. The minimum atomic E-state index is -2.34. The van der Waals surface area contributed by atoms with Crippen LogP contribution in [0, 0.1) is 11.6 Å². The Morgan fingerprint density at radius 2 is 1.38 bits per heavy atom. The van der Waals surface area contributed by atoms with Crippen molar-refractivity contribution in [2.24, 2.45) is 0 Å². The second-order valence-electron chi connectivity index (χ2n) is 7.76. The first-order valence-electron chi connectivity index (χ1n) is 10.7. The largest absolute Gasteiger partial charge is 0.491 e. The van der Waals surface area contributed by atoms with Crippen LogP contribution in [0.4, 0.5) is 17.6 Å².